The molecule has 0 spiro atoms. The molecule has 0 bridgehead atoms. The van der Waals surface area contributed by atoms with Crippen molar-refractivity contribution >= 4 is 0 Å². The lowest BCUT2D eigenvalue weighted by atomic mass is 9.87. The summed E-state index contributed by atoms with van der Waals surface area (Å²) in [5.74, 6) is 0.388. The fourth-order valence-electron chi connectivity index (χ4n) is 1.46. The summed E-state index contributed by atoms with van der Waals surface area (Å²) in [6, 6.07) is 0. The molecule has 1 rings (SSSR count). The molecule has 0 aliphatic heterocycles. The Morgan fingerprint density at radius 3 is 2.44 bits per heavy atom. The molecule has 9 heavy (non-hydrogen) atoms. The molecule has 0 aromatic rings. The number of rotatable bonds is 1. The van der Waals surface area contributed by atoms with E-state index in [0.29, 0.717) is 12.5 Å². The van der Waals surface area contributed by atoms with Crippen LogP contribution in [-0.2, 0) is 0 Å². The number of nitrogens with two attached hydrogens (primary N) is 1. The maximum atomic E-state index is 9.29. The third kappa shape index (κ3) is 1.66. The topological polar surface area (TPSA) is 46.2 Å². The summed E-state index contributed by atoms with van der Waals surface area (Å²) in [7, 11) is 0. The van der Waals surface area contributed by atoms with Gasteiger partial charge in [0.25, 0.3) is 0 Å². The van der Waals surface area contributed by atoms with E-state index in [1.165, 1.54) is 12.8 Å². The second-order valence-electron chi connectivity index (χ2n) is 2.85. The summed E-state index contributed by atoms with van der Waals surface area (Å²) in [6.07, 6.45) is 4.40. The van der Waals surface area contributed by atoms with E-state index in [2.05, 4.69) is 0 Å². The smallest absolute Gasteiger partial charge is 0.0580 e. The van der Waals surface area contributed by atoms with Crippen molar-refractivity contribution in [3.63, 3.8) is 0 Å². The average molecular weight is 129 g/mol. The van der Waals surface area contributed by atoms with Crippen molar-refractivity contribution in [2.45, 2.75) is 31.8 Å². The fraction of sp³-hybridized carbons (Fsp3) is 1.00. The van der Waals surface area contributed by atoms with Crippen molar-refractivity contribution in [2.24, 2.45) is 11.7 Å². The van der Waals surface area contributed by atoms with Gasteiger partial charge in [0.05, 0.1) is 6.10 Å². The van der Waals surface area contributed by atoms with E-state index in [4.69, 9.17) is 5.73 Å². The molecule has 54 valence electrons. The molecule has 2 heteroatoms. The number of hydrogen-bond donors (Lipinski definition) is 2. The maximum Gasteiger partial charge on any atom is 0.0580 e. The van der Waals surface area contributed by atoms with Crippen molar-refractivity contribution in [3.8, 4) is 0 Å². The number of aliphatic hydroxyl groups is 1. The van der Waals surface area contributed by atoms with Crippen LogP contribution < -0.4 is 5.73 Å². The minimum Gasteiger partial charge on any atom is -0.393 e. The second kappa shape index (κ2) is 3.18. The molecular weight excluding hydrogens is 114 g/mol. The summed E-state index contributed by atoms with van der Waals surface area (Å²) < 4.78 is 0. The summed E-state index contributed by atoms with van der Waals surface area (Å²) in [4.78, 5) is 0. The lowest BCUT2D eigenvalue weighted by Crippen LogP contribution is -2.30. The molecule has 1 saturated carbocycles. The first-order chi connectivity index (χ1) is 4.34. The third-order valence-electron chi connectivity index (χ3n) is 2.17. The SMILES string of the molecule is NCC1CCCCC1O. The zero-order chi connectivity index (χ0) is 6.69. The highest BCUT2D eigenvalue weighted by Crippen LogP contribution is 2.22. The van der Waals surface area contributed by atoms with Gasteiger partial charge in [-0.3, -0.25) is 0 Å². The van der Waals surface area contributed by atoms with Crippen LogP contribution in [0.2, 0.25) is 0 Å². The monoisotopic (exact) mass is 129 g/mol. The van der Waals surface area contributed by atoms with Crippen LogP contribution in [0.15, 0.2) is 0 Å². The van der Waals surface area contributed by atoms with E-state index in [-0.39, 0.29) is 6.10 Å². The first-order valence-corrected chi connectivity index (χ1v) is 3.72. The highest BCUT2D eigenvalue weighted by Gasteiger charge is 2.20. The number of aliphatic hydroxyl groups excluding tert-OH is 1. The molecule has 0 radical (unpaired) electrons. The minimum absolute atomic E-state index is 0.108. The van der Waals surface area contributed by atoms with Crippen LogP contribution in [0.25, 0.3) is 0 Å². The van der Waals surface area contributed by atoms with E-state index in [9.17, 15) is 5.11 Å². The van der Waals surface area contributed by atoms with Gasteiger partial charge in [0.1, 0.15) is 0 Å². The lowest BCUT2D eigenvalue weighted by Gasteiger charge is -2.25. The number of hydrogen-bond acceptors (Lipinski definition) is 2. The zero-order valence-corrected chi connectivity index (χ0v) is 5.71. The molecule has 0 heterocycles. The van der Waals surface area contributed by atoms with Gasteiger partial charge in [0.2, 0.25) is 0 Å². The zero-order valence-electron chi connectivity index (χ0n) is 5.71. The van der Waals surface area contributed by atoms with Gasteiger partial charge < -0.3 is 10.8 Å². The highest BCUT2D eigenvalue weighted by molar-refractivity contribution is 4.74. The van der Waals surface area contributed by atoms with E-state index < -0.39 is 0 Å². The third-order valence-corrected chi connectivity index (χ3v) is 2.17. The predicted octanol–water partition coefficient (Wildman–Crippen LogP) is 0.496. The molecule has 3 N–H and O–H groups in total. The standard InChI is InChI=1S/C7H15NO/c8-5-6-3-1-2-4-7(6)9/h6-7,9H,1-5,8H2. The Bertz CT molecular complexity index is 85.0. The molecule has 0 amide bonds. The molecule has 0 aromatic carbocycles. The van der Waals surface area contributed by atoms with Crippen LogP contribution in [-0.4, -0.2) is 17.8 Å². The van der Waals surface area contributed by atoms with Gasteiger partial charge in [0.15, 0.2) is 0 Å². The van der Waals surface area contributed by atoms with E-state index >= 15 is 0 Å². The van der Waals surface area contributed by atoms with Crippen molar-refractivity contribution in [2.75, 3.05) is 6.54 Å². The van der Waals surface area contributed by atoms with E-state index in [0.717, 1.165) is 12.8 Å². The van der Waals surface area contributed by atoms with Crippen LogP contribution in [0.5, 0.6) is 0 Å². The van der Waals surface area contributed by atoms with Crippen molar-refractivity contribution in [3.05, 3.63) is 0 Å². The van der Waals surface area contributed by atoms with Gasteiger partial charge >= 0.3 is 0 Å². The molecule has 0 aromatic heterocycles. The summed E-state index contributed by atoms with van der Waals surface area (Å²) >= 11 is 0. The Morgan fingerprint density at radius 1 is 1.33 bits per heavy atom. The largest absolute Gasteiger partial charge is 0.393 e. The molecule has 1 fully saturated rings. The Morgan fingerprint density at radius 2 is 2.00 bits per heavy atom. The molecule has 2 atom stereocenters. The minimum atomic E-state index is -0.108. The predicted molar refractivity (Wildman–Crippen MR) is 37.0 cm³/mol. The van der Waals surface area contributed by atoms with Crippen molar-refractivity contribution in [1.82, 2.24) is 0 Å². The van der Waals surface area contributed by atoms with Crippen LogP contribution in [0, 0.1) is 5.92 Å². The molecule has 2 nitrogen and oxygen atoms in total. The maximum absolute atomic E-state index is 9.29. The molecule has 1 aliphatic rings. The summed E-state index contributed by atoms with van der Waals surface area (Å²) in [6.45, 7) is 0.654. The normalized spacial score (nSPS) is 36.7. The molecule has 1 aliphatic carbocycles. The van der Waals surface area contributed by atoms with Crippen LogP contribution in [0.1, 0.15) is 25.7 Å². The summed E-state index contributed by atoms with van der Waals surface area (Å²) in [5, 5.41) is 9.29. The van der Waals surface area contributed by atoms with Crippen LogP contribution in [0.4, 0.5) is 0 Å². The summed E-state index contributed by atoms with van der Waals surface area (Å²) in [5.41, 5.74) is 5.43. The van der Waals surface area contributed by atoms with E-state index in [1.807, 2.05) is 0 Å². The van der Waals surface area contributed by atoms with Gasteiger partial charge in [-0.1, -0.05) is 12.8 Å². The Kier molecular flexibility index (Phi) is 2.49. The average Bonchev–Trinajstić information content (AvgIpc) is 1.89. The van der Waals surface area contributed by atoms with Gasteiger partial charge in [0, 0.05) is 0 Å². The van der Waals surface area contributed by atoms with Gasteiger partial charge in [-0.15, -0.1) is 0 Å². The van der Waals surface area contributed by atoms with Gasteiger partial charge in [-0.25, -0.2) is 0 Å². The van der Waals surface area contributed by atoms with Gasteiger partial charge in [-0.05, 0) is 25.3 Å². The fourth-order valence-corrected chi connectivity index (χ4v) is 1.46. The van der Waals surface area contributed by atoms with Crippen molar-refractivity contribution in [1.29, 1.82) is 0 Å². The van der Waals surface area contributed by atoms with Crippen LogP contribution in [0.3, 0.4) is 0 Å². The molecule has 0 saturated heterocycles. The quantitative estimate of drug-likeness (QED) is 0.541. The second-order valence-corrected chi connectivity index (χ2v) is 2.85. The van der Waals surface area contributed by atoms with E-state index in [1.54, 1.807) is 0 Å². The highest BCUT2D eigenvalue weighted by atomic mass is 16.3. The van der Waals surface area contributed by atoms with Crippen LogP contribution >= 0.6 is 0 Å². The van der Waals surface area contributed by atoms with Gasteiger partial charge in [-0.2, -0.15) is 0 Å². The first kappa shape index (κ1) is 7.03. The van der Waals surface area contributed by atoms with Crippen molar-refractivity contribution < 1.29 is 5.11 Å². The first-order valence-electron chi connectivity index (χ1n) is 3.72. The molecule has 2 unspecified atom stereocenters. The lowest BCUT2D eigenvalue weighted by molar-refractivity contribution is 0.0743. The molecular formula is C7H15NO. The Labute approximate surface area is 56.1 Å². The Hall–Kier alpha value is -0.0800. The Balaban J connectivity index is 2.30.